The van der Waals surface area contributed by atoms with E-state index in [4.69, 9.17) is 5.73 Å². The predicted octanol–water partition coefficient (Wildman–Crippen LogP) is 2.86. The van der Waals surface area contributed by atoms with Crippen molar-refractivity contribution in [2.24, 2.45) is 5.73 Å². The van der Waals surface area contributed by atoms with Crippen LogP contribution in [-0.2, 0) is 6.42 Å². The lowest BCUT2D eigenvalue weighted by Gasteiger charge is -2.42. The molecule has 2 aliphatic carbocycles. The molecule has 3 fully saturated rings. The second-order valence-corrected chi connectivity index (χ2v) is 11.9. The summed E-state index contributed by atoms with van der Waals surface area (Å²) in [4.78, 5) is 28.5. The number of fused-ring (bicyclic) bond motifs is 1. The van der Waals surface area contributed by atoms with Gasteiger partial charge in [-0.3, -0.25) is 14.6 Å². The third-order valence-electron chi connectivity index (χ3n) is 8.33. The monoisotopic (exact) mass is 506 g/mol. The number of anilines is 2. The van der Waals surface area contributed by atoms with Crippen LogP contribution in [0, 0.1) is 6.92 Å². The van der Waals surface area contributed by atoms with Gasteiger partial charge >= 0.3 is 0 Å². The first-order chi connectivity index (χ1) is 17.6. The van der Waals surface area contributed by atoms with E-state index in [0.717, 1.165) is 79.9 Å². The van der Waals surface area contributed by atoms with E-state index in [1.54, 1.807) is 6.07 Å². The lowest BCUT2D eigenvalue weighted by atomic mass is 9.90. The summed E-state index contributed by atoms with van der Waals surface area (Å²) in [6, 6.07) is 6.27. The van der Waals surface area contributed by atoms with E-state index >= 15 is 0 Å². The molecule has 3 heterocycles. The summed E-state index contributed by atoms with van der Waals surface area (Å²) in [5.41, 5.74) is 14.8. The molecule has 37 heavy (non-hydrogen) atoms. The van der Waals surface area contributed by atoms with Crippen LogP contribution in [0.2, 0.25) is 0 Å². The summed E-state index contributed by atoms with van der Waals surface area (Å²) in [5, 5.41) is 15.3. The number of amides is 2. The minimum absolute atomic E-state index is 0.0368. The highest BCUT2D eigenvalue weighted by Crippen LogP contribution is 2.43. The predicted molar refractivity (Wildman–Crippen MR) is 143 cm³/mol. The smallest absolute Gasteiger partial charge is 0.272 e. The quantitative estimate of drug-likeness (QED) is 0.429. The number of carbonyl (C=O) groups excluding carboxylic acids is 2. The standard InChI is InChI=1S/C28H38N6O3/c1-16-25(32-12-13-32)24-23(15-28(2,3)34(27(24)37)31-18-4-5-18)33(16)19-8-11-21(26(29)36)22(14-19)30-17-6-9-20(35)10-7-17/h8,11,14,17-18,20,30-31,35H,4-7,9-10,12-13,15H2,1-3H3,(H2,29,36). The maximum absolute atomic E-state index is 14.0. The number of nitrogens with zero attached hydrogens (tertiary/aromatic N) is 3. The number of benzene rings is 1. The molecular formula is C28H38N6O3. The molecule has 1 aromatic carbocycles. The van der Waals surface area contributed by atoms with Gasteiger partial charge in [-0.05, 0) is 77.5 Å². The number of rotatable bonds is 7. The van der Waals surface area contributed by atoms with Gasteiger partial charge in [0.15, 0.2) is 0 Å². The first-order valence-corrected chi connectivity index (χ1v) is 13.6. The van der Waals surface area contributed by atoms with Crippen LogP contribution in [0.1, 0.15) is 84.5 Å². The molecule has 1 saturated heterocycles. The van der Waals surface area contributed by atoms with E-state index < -0.39 is 5.91 Å². The molecule has 0 spiro atoms. The largest absolute Gasteiger partial charge is 0.393 e. The number of hydrogen-bond donors (Lipinski definition) is 4. The van der Waals surface area contributed by atoms with E-state index in [-0.39, 0.29) is 23.6 Å². The van der Waals surface area contributed by atoms with Crippen LogP contribution < -0.4 is 21.4 Å². The van der Waals surface area contributed by atoms with Crippen LogP contribution in [0.5, 0.6) is 0 Å². The molecule has 9 nitrogen and oxygen atoms in total. The van der Waals surface area contributed by atoms with Crippen LogP contribution in [-0.4, -0.2) is 63.3 Å². The molecule has 2 amide bonds. The average Bonchev–Trinajstić information content (AvgIpc) is 3.76. The third kappa shape index (κ3) is 4.38. The Labute approximate surface area is 217 Å². The van der Waals surface area contributed by atoms with Crippen molar-refractivity contribution in [2.75, 3.05) is 23.3 Å². The summed E-state index contributed by atoms with van der Waals surface area (Å²) >= 11 is 0. The summed E-state index contributed by atoms with van der Waals surface area (Å²) < 4.78 is 2.21. The van der Waals surface area contributed by atoms with Gasteiger partial charge in [-0.2, -0.15) is 0 Å². The number of carbonyl (C=O) groups is 2. The zero-order chi connectivity index (χ0) is 26.1. The molecular weight excluding hydrogens is 468 g/mol. The highest BCUT2D eigenvalue weighted by Gasteiger charge is 2.46. The lowest BCUT2D eigenvalue weighted by Crippen LogP contribution is -2.59. The lowest BCUT2D eigenvalue weighted by molar-refractivity contribution is 0.0289. The number of primary amides is 1. The normalized spacial score (nSPS) is 24.7. The van der Waals surface area contributed by atoms with Crippen molar-refractivity contribution in [1.82, 2.24) is 15.0 Å². The Morgan fingerprint density at radius 1 is 1.08 bits per heavy atom. The molecule has 6 rings (SSSR count). The molecule has 2 saturated carbocycles. The number of hydrogen-bond acceptors (Lipinski definition) is 6. The zero-order valence-corrected chi connectivity index (χ0v) is 22.0. The van der Waals surface area contributed by atoms with Gasteiger partial charge in [0.25, 0.3) is 11.8 Å². The molecule has 5 N–H and O–H groups in total. The van der Waals surface area contributed by atoms with Crippen LogP contribution in [0.4, 0.5) is 11.4 Å². The van der Waals surface area contributed by atoms with Crippen LogP contribution in [0.25, 0.3) is 5.69 Å². The summed E-state index contributed by atoms with van der Waals surface area (Å²) in [7, 11) is 0. The van der Waals surface area contributed by atoms with Gasteiger partial charge < -0.3 is 25.6 Å². The van der Waals surface area contributed by atoms with E-state index in [1.807, 2.05) is 17.1 Å². The summed E-state index contributed by atoms with van der Waals surface area (Å²) in [6.45, 7) is 8.22. The second kappa shape index (κ2) is 8.77. The van der Waals surface area contributed by atoms with Crippen molar-refractivity contribution in [3.05, 3.63) is 40.7 Å². The minimum Gasteiger partial charge on any atom is -0.393 e. The first kappa shape index (κ1) is 24.3. The average molecular weight is 507 g/mol. The molecule has 0 atom stereocenters. The Hall–Kier alpha value is -3.04. The van der Waals surface area contributed by atoms with Gasteiger partial charge in [0.1, 0.15) is 0 Å². The van der Waals surface area contributed by atoms with Gasteiger partial charge in [0.2, 0.25) is 0 Å². The Morgan fingerprint density at radius 2 is 1.76 bits per heavy atom. The SMILES string of the molecule is Cc1c(N2CC2)c2c(n1-c1ccc(C(N)=O)c(NC3CCC(O)CC3)c1)CC(C)(C)N(NC1CC1)C2=O. The van der Waals surface area contributed by atoms with E-state index in [1.165, 1.54) is 0 Å². The van der Waals surface area contributed by atoms with Crippen molar-refractivity contribution in [3.63, 3.8) is 0 Å². The van der Waals surface area contributed by atoms with Crippen LogP contribution >= 0.6 is 0 Å². The molecule has 2 aromatic rings. The van der Waals surface area contributed by atoms with Crippen molar-refractivity contribution in [2.45, 2.75) is 89.4 Å². The van der Waals surface area contributed by atoms with Crippen LogP contribution in [0.15, 0.2) is 18.2 Å². The number of aliphatic hydroxyl groups excluding tert-OH is 1. The molecule has 0 unspecified atom stereocenters. The molecule has 9 heteroatoms. The highest BCUT2D eigenvalue weighted by molar-refractivity contribution is 6.04. The van der Waals surface area contributed by atoms with Gasteiger partial charge in [-0.25, -0.2) is 5.43 Å². The van der Waals surface area contributed by atoms with E-state index in [9.17, 15) is 14.7 Å². The van der Waals surface area contributed by atoms with E-state index in [0.29, 0.717) is 23.7 Å². The fourth-order valence-electron chi connectivity index (χ4n) is 6.09. The highest BCUT2D eigenvalue weighted by atomic mass is 16.3. The Morgan fingerprint density at radius 3 is 2.38 bits per heavy atom. The molecule has 2 aliphatic heterocycles. The number of hydrazine groups is 1. The van der Waals surface area contributed by atoms with Gasteiger partial charge in [0.05, 0.1) is 28.5 Å². The van der Waals surface area contributed by atoms with Gasteiger partial charge in [0, 0.05) is 54.4 Å². The van der Waals surface area contributed by atoms with E-state index in [2.05, 4.69) is 41.0 Å². The Bertz CT molecular complexity index is 1250. The third-order valence-corrected chi connectivity index (χ3v) is 8.33. The number of aromatic nitrogens is 1. The maximum atomic E-state index is 14.0. The van der Waals surface area contributed by atoms with Crippen molar-refractivity contribution < 1.29 is 14.7 Å². The van der Waals surface area contributed by atoms with Crippen molar-refractivity contribution in [3.8, 4) is 5.69 Å². The molecule has 0 bridgehead atoms. The fraction of sp³-hybridized carbons (Fsp3) is 0.571. The summed E-state index contributed by atoms with van der Waals surface area (Å²) in [5.74, 6) is -0.436. The molecule has 1 aromatic heterocycles. The number of nitrogens with one attached hydrogen (secondary N) is 2. The second-order valence-electron chi connectivity index (χ2n) is 11.9. The molecule has 0 radical (unpaired) electrons. The first-order valence-electron chi connectivity index (χ1n) is 13.6. The van der Waals surface area contributed by atoms with Crippen molar-refractivity contribution >= 4 is 23.2 Å². The summed E-state index contributed by atoms with van der Waals surface area (Å²) in [6.07, 6.45) is 5.84. The number of aliphatic hydroxyl groups is 1. The Balaban J connectivity index is 1.43. The zero-order valence-electron chi connectivity index (χ0n) is 22.0. The minimum atomic E-state index is -0.473. The molecule has 4 aliphatic rings. The topological polar surface area (TPSA) is 116 Å². The van der Waals surface area contributed by atoms with Crippen LogP contribution in [0.3, 0.4) is 0 Å². The maximum Gasteiger partial charge on any atom is 0.272 e. The van der Waals surface area contributed by atoms with Crippen molar-refractivity contribution in [1.29, 1.82) is 0 Å². The Kier molecular flexibility index (Phi) is 5.76. The molecule has 198 valence electrons. The fourth-order valence-corrected chi connectivity index (χ4v) is 6.09. The van der Waals surface area contributed by atoms with Gasteiger partial charge in [-0.15, -0.1) is 0 Å². The van der Waals surface area contributed by atoms with Gasteiger partial charge in [-0.1, -0.05) is 0 Å². The number of nitrogens with two attached hydrogens (primary N) is 1.